The molecule has 0 aliphatic rings. The second-order valence-electron chi connectivity index (χ2n) is 5.08. The van der Waals surface area contributed by atoms with Crippen LogP contribution in [-0.4, -0.2) is 22.0 Å². The number of aromatic nitrogens is 2. The normalized spacial score (nSPS) is 12.0. The lowest BCUT2D eigenvalue weighted by Crippen LogP contribution is -2.32. The molecule has 0 amide bonds. The Morgan fingerprint density at radius 2 is 1.83 bits per heavy atom. The Morgan fingerprint density at radius 1 is 1.17 bits per heavy atom. The van der Waals surface area contributed by atoms with E-state index in [1.807, 2.05) is 12.1 Å². The van der Waals surface area contributed by atoms with Crippen molar-refractivity contribution in [1.29, 1.82) is 0 Å². The Morgan fingerprint density at radius 3 is 2.48 bits per heavy atom. The average molecular weight is 354 g/mol. The van der Waals surface area contributed by atoms with Crippen LogP contribution < -0.4 is 5.73 Å². The lowest BCUT2D eigenvalue weighted by atomic mass is 10.1. The summed E-state index contributed by atoms with van der Waals surface area (Å²) in [5.74, 6) is -0.441. The molecule has 0 bridgehead atoms. The molecule has 7 heteroatoms. The molecule has 122 valence electrons. The highest BCUT2D eigenvalue weighted by Crippen LogP contribution is 2.15. The van der Waals surface area contributed by atoms with Gasteiger partial charge in [-0.05, 0) is 54.7 Å². The Labute approximate surface area is 144 Å². The summed E-state index contributed by atoms with van der Waals surface area (Å²) < 4.78 is 5.18. The van der Waals surface area contributed by atoms with Crippen molar-refractivity contribution in [2.24, 2.45) is 5.73 Å². The quantitative estimate of drug-likeness (QED) is 0.610. The van der Waals surface area contributed by atoms with Crippen LogP contribution in [0.3, 0.4) is 0 Å². The minimum Gasteiger partial charge on any atom is -0.460 e. The van der Waals surface area contributed by atoms with E-state index in [0.717, 1.165) is 12.8 Å². The summed E-state index contributed by atoms with van der Waals surface area (Å²) in [4.78, 5) is 19.7. The minimum absolute atomic E-state index is 0.0683. The van der Waals surface area contributed by atoms with Gasteiger partial charge in [0.2, 0.25) is 0 Å². The van der Waals surface area contributed by atoms with Gasteiger partial charge in [0.25, 0.3) is 0 Å². The highest BCUT2D eigenvalue weighted by Gasteiger charge is 2.15. The first kappa shape index (κ1) is 17.7. The van der Waals surface area contributed by atoms with Crippen LogP contribution in [-0.2, 0) is 22.6 Å². The second kappa shape index (κ2) is 8.82. The molecule has 2 heterocycles. The van der Waals surface area contributed by atoms with Gasteiger partial charge in [0, 0.05) is 12.4 Å². The highest BCUT2D eigenvalue weighted by atomic mass is 35.5. The third-order valence-electron chi connectivity index (χ3n) is 3.24. The molecule has 23 heavy (non-hydrogen) atoms. The second-order valence-corrected chi connectivity index (χ2v) is 5.86. The minimum atomic E-state index is -0.649. The topological polar surface area (TPSA) is 78.1 Å². The van der Waals surface area contributed by atoms with E-state index in [-0.39, 0.29) is 16.9 Å². The van der Waals surface area contributed by atoms with E-state index < -0.39 is 12.0 Å². The van der Waals surface area contributed by atoms with Crippen LogP contribution in [0.2, 0.25) is 10.3 Å². The van der Waals surface area contributed by atoms with Crippen molar-refractivity contribution in [2.75, 3.05) is 0 Å². The van der Waals surface area contributed by atoms with E-state index >= 15 is 0 Å². The van der Waals surface area contributed by atoms with E-state index in [1.165, 1.54) is 5.56 Å². The van der Waals surface area contributed by atoms with Crippen LogP contribution in [0.1, 0.15) is 24.0 Å². The van der Waals surface area contributed by atoms with Gasteiger partial charge < -0.3 is 10.5 Å². The molecule has 2 aromatic heterocycles. The van der Waals surface area contributed by atoms with Crippen molar-refractivity contribution in [2.45, 2.75) is 31.9 Å². The first-order chi connectivity index (χ1) is 11.0. The molecule has 0 unspecified atom stereocenters. The summed E-state index contributed by atoms with van der Waals surface area (Å²) in [5, 5.41) is 0.510. The fourth-order valence-electron chi connectivity index (χ4n) is 2.05. The summed E-state index contributed by atoms with van der Waals surface area (Å²) in [6.45, 7) is 0.0683. The zero-order chi connectivity index (χ0) is 16.7. The molecule has 2 aromatic rings. The van der Waals surface area contributed by atoms with Gasteiger partial charge in [0.15, 0.2) is 0 Å². The molecule has 1 atom stereocenters. The van der Waals surface area contributed by atoms with Crippen LogP contribution >= 0.6 is 23.2 Å². The highest BCUT2D eigenvalue weighted by molar-refractivity contribution is 6.32. The molecule has 0 aliphatic heterocycles. The van der Waals surface area contributed by atoms with Crippen molar-refractivity contribution in [3.8, 4) is 0 Å². The number of halogens is 2. The van der Waals surface area contributed by atoms with Gasteiger partial charge in [-0.15, -0.1) is 0 Å². The number of carbonyl (C=O) groups is 1. The van der Waals surface area contributed by atoms with Gasteiger partial charge in [-0.2, -0.15) is 0 Å². The average Bonchev–Trinajstić information content (AvgIpc) is 2.52. The molecule has 5 nitrogen and oxygen atoms in total. The van der Waals surface area contributed by atoms with E-state index in [1.54, 1.807) is 24.5 Å². The molecule has 0 spiro atoms. The molecular formula is C16H17Cl2N3O2. The smallest absolute Gasteiger partial charge is 0.323 e. The Bertz CT molecular complexity index is 633. The van der Waals surface area contributed by atoms with Crippen LogP contribution in [0.15, 0.2) is 36.7 Å². The number of nitrogens with two attached hydrogens (primary N) is 1. The lowest BCUT2D eigenvalue weighted by molar-refractivity contribution is -0.146. The number of esters is 1. The molecular weight excluding hydrogens is 337 g/mol. The fraction of sp³-hybridized carbons (Fsp3) is 0.312. The van der Waals surface area contributed by atoms with E-state index in [2.05, 4.69) is 9.97 Å². The molecule has 0 fully saturated rings. The van der Waals surface area contributed by atoms with Gasteiger partial charge in [-0.1, -0.05) is 23.2 Å². The zero-order valence-corrected chi connectivity index (χ0v) is 13.9. The Kier molecular flexibility index (Phi) is 6.77. The fourth-order valence-corrected chi connectivity index (χ4v) is 2.56. The first-order valence-corrected chi connectivity index (χ1v) is 7.93. The summed E-state index contributed by atoms with van der Waals surface area (Å²) in [5.41, 5.74) is 7.70. The van der Waals surface area contributed by atoms with E-state index in [9.17, 15) is 4.79 Å². The number of ether oxygens (including phenoxy) is 1. The van der Waals surface area contributed by atoms with Gasteiger partial charge in [0.05, 0.1) is 0 Å². The van der Waals surface area contributed by atoms with Crippen molar-refractivity contribution in [1.82, 2.24) is 9.97 Å². The van der Waals surface area contributed by atoms with Gasteiger partial charge in [-0.3, -0.25) is 9.78 Å². The summed E-state index contributed by atoms with van der Waals surface area (Å²) in [7, 11) is 0. The Balaban J connectivity index is 1.74. The van der Waals surface area contributed by atoms with Crippen molar-refractivity contribution in [3.05, 3.63) is 58.1 Å². The first-order valence-electron chi connectivity index (χ1n) is 7.17. The summed E-state index contributed by atoms with van der Waals surface area (Å²) >= 11 is 11.6. The molecule has 0 aromatic carbocycles. The molecule has 0 radical (unpaired) electrons. The number of nitrogens with zero attached hydrogens (tertiary/aromatic N) is 2. The third-order valence-corrected chi connectivity index (χ3v) is 3.62. The van der Waals surface area contributed by atoms with Crippen molar-refractivity contribution >= 4 is 29.2 Å². The number of hydrogen-bond donors (Lipinski definition) is 1. The molecule has 2 rings (SSSR count). The number of rotatable bonds is 7. The third kappa shape index (κ3) is 6.14. The predicted octanol–water partition coefficient (Wildman–Crippen LogP) is 3.18. The number of aryl methyl sites for hydroxylation is 1. The molecule has 0 aliphatic carbocycles. The largest absolute Gasteiger partial charge is 0.460 e. The molecule has 2 N–H and O–H groups in total. The SMILES string of the molecule is N[C@@H](CCCc1ccncc1)C(=O)OCc1cc(Cl)nc(Cl)c1. The maximum atomic E-state index is 11.9. The van der Waals surface area contributed by atoms with Crippen LogP contribution in [0, 0.1) is 0 Å². The monoisotopic (exact) mass is 353 g/mol. The summed E-state index contributed by atoms with van der Waals surface area (Å²) in [6.07, 6.45) is 5.69. The number of carbonyl (C=O) groups excluding carboxylic acids is 1. The molecule has 0 saturated heterocycles. The van der Waals surface area contributed by atoms with Gasteiger partial charge >= 0.3 is 5.97 Å². The van der Waals surface area contributed by atoms with Crippen molar-refractivity contribution < 1.29 is 9.53 Å². The zero-order valence-electron chi connectivity index (χ0n) is 12.4. The van der Waals surface area contributed by atoms with Gasteiger partial charge in [-0.25, -0.2) is 4.98 Å². The van der Waals surface area contributed by atoms with E-state index in [4.69, 9.17) is 33.7 Å². The van der Waals surface area contributed by atoms with Gasteiger partial charge in [0.1, 0.15) is 23.0 Å². The van der Waals surface area contributed by atoms with Crippen LogP contribution in [0.25, 0.3) is 0 Å². The van der Waals surface area contributed by atoms with Crippen LogP contribution in [0.5, 0.6) is 0 Å². The molecule has 0 saturated carbocycles. The predicted molar refractivity (Wildman–Crippen MR) is 89.2 cm³/mol. The standard InChI is InChI=1S/C16H17Cl2N3O2/c17-14-8-12(9-15(18)21-14)10-23-16(22)13(19)3-1-2-11-4-6-20-7-5-11/h4-9,13H,1-3,10,19H2/t13-/m0/s1. The number of hydrogen-bond acceptors (Lipinski definition) is 5. The lowest BCUT2D eigenvalue weighted by Gasteiger charge is -2.11. The maximum absolute atomic E-state index is 11.9. The summed E-state index contributed by atoms with van der Waals surface area (Å²) in [6, 6.07) is 6.43. The van der Waals surface area contributed by atoms with E-state index in [0.29, 0.717) is 12.0 Å². The Hall–Kier alpha value is -1.69. The number of pyridine rings is 2. The maximum Gasteiger partial charge on any atom is 0.323 e. The van der Waals surface area contributed by atoms with Crippen molar-refractivity contribution in [3.63, 3.8) is 0 Å². The van der Waals surface area contributed by atoms with Crippen LogP contribution in [0.4, 0.5) is 0 Å².